The molecule has 1 amide bonds. The molecule has 1 saturated carbocycles. The molecule has 1 aromatic carbocycles. The summed E-state index contributed by atoms with van der Waals surface area (Å²) < 4.78 is 24.5. The molecule has 1 fully saturated rings. The summed E-state index contributed by atoms with van der Waals surface area (Å²) in [6.07, 6.45) is 2.13. The maximum absolute atomic E-state index is 12.3. The summed E-state index contributed by atoms with van der Waals surface area (Å²) in [5.41, 5.74) is 1.02. The lowest BCUT2D eigenvalue weighted by Gasteiger charge is -2.26. The number of hydrogen-bond acceptors (Lipinski definition) is 3. The number of carbonyl (C=O) groups excluding carboxylic acids is 1. The summed E-state index contributed by atoms with van der Waals surface area (Å²) in [5, 5.41) is 0. The van der Waals surface area contributed by atoms with Crippen LogP contribution in [0.5, 0.6) is 0 Å². The van der Waals surface area contributed by atoms with Crippen molar-refractivity contribution in [2.24, 2.45) is 0 Å². The molecule has 1 aliphatic carbocycles. The summed E-state index contributed by atoms with van der Waals surface area (Å²) in [6.45, 7) is 5.87. The third kappa shape index (κ3) is 4.06. The predicted octanol–water partition coefficient (Wildman–Crippen LogP) is 2.56. The lowest BCUT2D eigenvalue weighted by molar-refractivity contribution is -0.133. The quantitative estimate of drug-likeness (QED) is 0.811. The molecule has 116 valence electrons. The molecule has 0 heterocycles. The predicted molar refractivity (Wildman–Crippen MR) is 82.9 cm³/mol. The Kier molecular flexibility index (Phi) is 4.71. The molecule has 21 heavy (non-hydrogen) atoms. The van der Waals surface area contributed by atoms with Crippen molar-refractivity contribution >= 4 is 15.7 Å². The first-order valence-electron chi connectivity index (χ1n) is 7.42. The van der Waals surface area contributed by atoms with Crippen LogP contribution in [0.2, 0.25) is 0 Å². The maximum atomic E-state index is 12.3. The Labute approximate surface area is 127 Å². The molecule has 4 nitrogen and oxygen atoms in total. The molecule has 0 N–H and O–H groups in total. The Morgan fingerprint density at radius 1 is 1.24 bits per heavy atom. The monoisotopic (exact) mass is 309 g/mol. The van der Waals surface area contributed by atoms with Gasteiger partial charge in [0.15, 0.2) is 9.84 Å². The second-order valence-electron chi connectivity index (χ2n) is 6.01. The third-order valence-corrected chi connectivity index (χ3v) is 5.48. The van der Waals surface area contributed by atoms with Crippen LogP contribution in [0.3, 0.4) is 0 Å². The third-order valence-electron chi connectivity index (χ3n) is 3.75. The molecule has 0 aliphatic heterocycles. The van der Waals surface area contributed by atoms with Crippen LogP contribution in [-0.2, 0) is 14.6 Å². The van der Waals surface area contributed by atoms with Gasteiger partial charge in [-0.15, -0.1) is 0 Å². The van der Waals surface area contributed by atoms with Crippen molar-refractivity contribution in [2.75, 3.05) is 5.75 Å². The summed E-state index contributed by atoms with van der Waals surface area (Å²) >= 11 is 0. The van der Waals surface area contributed by atoms with Gasteiger partial charge in [0.2, 0.25) is 5.91 Å². The number of nitrogens with zero attached hydrogens (tertiary/aromatic N) is 1. The molecule has 0 atom stereocenters. The molecule has 0 saturated heterocycles. The van der Waals surface area contributed by atoms with Gasteiger partial charge in [0, 0.05) is 18.5 Å². The number of benzene rings is 1. The van der Waals surface area contributed by atoms with Gasteiger partial charge in [0.25, 0.3) is 0 Å². The molecule has 0 unspecified atom stereocenters. The van der Waals surface area contributed by atoms with E-state index in [9.17, 15) is 13.2 Å². The number of hydrogen-bond donors (Lipinski definition) is 0. The number of rotatable bonds is 6. The van der Waals surface area contributed by atoms with Crippen molar-refractivity contribution in [2.45, 2.75) is 57.0 Å². The summed E-state index contributed by atoms with van der Waals surface area (Å²) in [4.78, 5) is 14.4. The highest BCUT2D eigenvalue weighted by molar-refractivity contribution is 7.91. The van der Waals surface area contributed by atoms with Crippen molar-refractivity contribution < 1.29 is 13.2 Å². The fourth-order valence-corrected chi connectivity index (χ4v) is 3.71. The maximum Gasteiger partial charge on any atom is 0.224 e. The van der Waals surface area contributed by atoms with E-state index in [0.717, 1.165) is 18.4 Å². The Bertz CT molecular complexity index is 599. The van der Waals surface area contributed by atoms with Crippen LogP contribution in [0.15, 0.2) is 29.2 Å². The van der Waals surface area contributed by atoms with Gasteiger partial charge in [-0.25, -0.2) is 8.42 Å². The van der Waals surface area contributed by atoms with Crippen LogP contribution in [0.4, 0.5) is 0 Å². The lowest BCUT2D eigenvalue weighted by atomic mass is 10.2. The van der Waals surface area contributed by atoms with E-state index in [0.29, 0.717) is 10.9 Å². The first kappa shape index (κ1) is 16.0. The molecule has 1 aromatic rings. The Morgan fingerprint density at radius 2 is 1.81 bits per heavy atom. The SMILES string of the molecule is Cc1ccc(S(=O)(=O)CCC(=O)N(C(C)C)C2CC2)cc1. The van der Waals surface area contributed by atoms with Crippen molar-refractivity contribution in [3.63, 3.8) is 0 Å². The second kappa shape index (κ2) is 6.18. The largest absolute Gasteiger partial charge is 0.337 e. The summed E-state index contributed by atoms with van der Waals surface area (Å²) in [5.74, 6) is -0.173. The molecular weight excluding hydrogens is 286 g/mol. The van der Waals surface area contributed by atoms with E-state index in [1.54, 1.807) is 24.3 Å². The van der Waals surface area contributed by atoms with Gasteiger partial charge in [0.1, 0.15) is 0 Å². The Hall–Kier alpha value is -1.36. The topological polar surface area (TPSA) is 54.5 Å². The van der Waals surface area contributed by atoms with Gasteiger partial charge in [0.05, 0.1) is 10.6 Å². The average molecular weight is 309 g/mol. The zero-order valence-electron chi connectivity index (χ0n) is 12.9. The Morgan fingerprint density at radius 3 is 2.29 bits per heavy atom. The molecule has 0 bridgehead atoms. The van der Waals surface area contributed by atoms with E-state index >= 15 is 0 Å². The normalized spacial score (nSPS) is 15.2. The average Bonchev–Trinajstić information content (AvgIpc) is 3.21. The molecule has 0 spiro atoms. The van der Waals surface area contributed by atoms with E-state index in [-0.39, 0.29) is 24.1 Å². The second-order valence-corrected chi connectivity index (χ2v) is 8.12. The van der Waals surface area contributed by atoms with Crippen LogP contribution in [-0.4, -0.2) is 37.1 Å². The standard InChI is InChI=1S/C16H23NO3S/c1-12(2)17(14-6-7-14)16(18)10-11-21(19,20)15-8-4-13(3)5-9-15/h4-5,8-9,12,14H,6-7,10-11H2,1-3H3. The van der Waals surface area contributed by atoms with E-state index in [1.807, 2.05) is 25.7 Å². The van der Waals surface area contributed by atoms with Gasteiger partial charge < -0.3 is 4.90 Å². The van der Waals surface area contributed by atoms with E-state index in [2.05, 4.69) is 0 Å². The van der Waals surface area contributed by atoms with Crippen molar-refractivity contribution in [3.8, 4) is 0 Å². The van der Waals surface area contributed by atoms with Gasteiger partial charge >= 0.3 is 0 Å². The minimum absolute atomic E-state index is 0.0526. The highest BCUT2D eigenvalue weighted by atomic mass is 32.2. The van der Waals surface area contributed by atoms with Crippen molar-refractivity contribution in [1.29, 1.82) is 0 Å². The zero-order chi connectivity index (χ0) is 15.6. The first-order valence-corrected chi connectivity index (χ1v) is 9.07. The molecule has 0 aromatic heterocycles. The fourth-order valence-electron chi connectivity index (χ4n) is 2.48. The van der Waals surface area contributed by atoms with E-state index in [4.69, 9.17) is 0 Å². The number of sulfone groups is 1. The van der Waals surface area contributed by atoms with Crippen molar-refractivity contribution in [1.82, 2.24) is 4.90 Å². The van der Waals surface area contributed by atoms with Gasteiger partial charge in [-0.1, -0.05) is 17.7 Å². The van der Waals surface area contributed by atoms with Gasteiger partial charge in [-0.3, -0.25) is 4.79 Å². The lowest BCUT2D eigenvalue weighted by Crippen LogP contribution is -2.39. The number of carbonyl (C=O) groups is 1. The molecule has 5 heteroatoms. The summed E-state index contributed by atoms with van der Waals surface area (Å²) in [7, 11) is -3.38. The smallest absolute Gasteiger partial charge is 0.224 e. The molecule has 1 aliphatic rings. The zero-order valence-corrected chi connectivity index (χ0v) is 13.7. The van der Waals surface area contributed by atoms with E-state index in [1.165, 1.54) is 0 Å². The molecule has 2 rings (SSSR count). The van der Waals surface area contributed by atoms with E-state index < -0.39 is 9.84 Å². The van der Waals surface area contributed by atoms with Crippen LogP contribution in [0.25, 0.3) is 0 Å². The van der Waals surface area contributed by atoms with Gasteiger partial charge in [-0.05, 0) is 45.7 Å². The first-order chi connectivity index (χ1) is 9.81. The number of aryl methyl sites for hydroxylation is 1. The highest BCUT2D eigenvalue weighted by Gasteiger charge is 2.34. The van der Waals surface area contributed by atoms with Crippen LogP contribution in [0.1, 0.15) is 38.7 Å². The molecular formula is C16H23NO3S. The highest BCUT2D eigenvalue weighted by Crippen LogP contribution is 2.29. The molecule has 0 radical (unpaired) electrons. The fraction of sp³-hybridized carbons (Fsp3) is 0.562. The summed E-state index contributed by atoms with van der Waals surface area (Å²) in [6, 6.07) is 7.22. The van der Waals surface area contributed by atoms with Crippen LogP contribution < -0.4 is 0 Å². The van der Waals surface area contributed by atoms with Gasteiger partial charge in [-0.2, -0.15) is 0 Å². The minimum Gasteiger partial charge on any atom is -0.337 e. The number of amides is 1. The van der Waals surface area contributed by atoms with Crippen LogP contribution >= 0.6 is 0 Å². The minimum atomic E-state index is -3.38. The Balaban J connectivity index is 2.01. The van der Waals surface area contributed by atoms with Crippen molar-refractivity contribution in [3.05, 3.63) is 29.8 Å². The van der Waals surface area contributed by atoms with Crippen LogP contribution in [0, 0.1) is 6.92 Å².